The summed E-state index contributed by atoms with van der Waals surface area (Å²) in [6, 6.07) is 7.54. The van der Waals surface area contributed by atoms with Gasteiger partial charge in [0.1, 0.15) is 11.5 Å². The maximum atomic E-state index is 12.5. The second-order valence-electron chi connectivity index (χ2n) is 7.15. The molecule has 0 radical (unpaired) electrons. The summed E-state index contributed by atoms with van der Waals surface area (Å²) in [6.45, 7) is 2.51. The molecule has 1 aliphatic carbocycles. The third-order valence-corrected chi connectivity index (χ3v) is 5.04. The minimum absolute atomic E-state index is 0.143. The minimum Gasteiger partial charge on any atom is -0.489 e. The first-order chi connectivity index (χ1) is 13.7. The third-order valence-electron chi connectivity index (χ3n) is 5.04. The van der Waals surface area contributed by atoms with Crippen LogP contribution in [0.4, 0.5) is 0 Å². The van der Waals surface area contributed by atoms with Gasteiger partial charge in [0.25, 0.3) is 5.91 Å². The smallest absolute Gasteiger partial charge is 0.287 e. The van der Waals surface area contributed by atoms with Gasteiger partial charge in [-0.25, -0.2) is 4.98 Å². The number of furan rings is 1. The zero-order valence-electron chi connectivity index (χ0n) is 15.9. The molecule has 0 saturated heterocycles. The molecule has 1 saturated carbocycles. The lowest BCUT2D eigenvalue weighted by Gasteiger charge is -2.29. The number of hydrogen-bond acceptors (Lipinski definition) is 5. The largest absolute Gasteiger partial charge is 0.489 e. The Labute approximate surface area is 163 Å². The number of aromatic nitrogens is 3. The molecule has 0 unspecified atom stereocenters. The van der Waals surface area contributed by atoms with Crippen LogP contribution >= 0.6 is 0 Å². The number of ether oxygens (including phenoxy) is 1. The minimum atomic E-state index is -0.163. The lowest BCUT2D eigenvalue weighted by molar-refractivity contribution is 0.0864. The molecule has 146 valence electrons. The fourth-order valence-corrected chi connectivity index (χ4v) is 3.50. The van der Waals surface area contributed by atoms with E-state index in [0.717, 1.165) is 42.9 Å². The summed E-state index contributed by atoms with van der Waals surface area (Å²) < 4.78 is 13.7. The van der Waals surface area contributed by atoms with Crippen LogP contribution < -0.4 is 10.1 Å². The van der Waals surface area contributed by atoms with Crippen molar-refractivity contribution in [2.45, 2.75) is 51.3 Å². The quantitative estimate of drug-likeness (QED) is 0.709. The van der Waals surface area contributed by atoms with Gasteiger partial charge in [-0.1, -0.05) is 0 Å². The Morgan fingerprint density at radius 1 is 1.25 bits per heavy atom. The molecule has 3 heterocycles. The predicted octanol–water partition coefficient (Wildman–Crippen LogP) is 3.35. The highest BCUT2D eigenvalue weighted by Gasteiger charge is 2.25. The average molecular weight is 380 g/mol. The summed E-state index contributed by atoms with van der Waals surface area (Å²) in [7, 11) is 0. The summed E-state index contributed by atoms with van der Waals surface area (Å²) in [6.07, 6.45) is 10.8. The summed E-state index contributed by atoms with van der Waals surface area (Å²) in [5, 5.41) is 3.08. The molecule has 1 fully saturated rings. The van der Waals surface area contributed by atoms with E-state index in [1.54, 1.807) is 24.8 Å². The molecule has 0 bridgehead atoms. The Morgan fingerprint density at radius 3 is 2.86 bits per heavy atom. The second kappa shape index (κ2) is 8.29. The van der Waals surface area contributed by atoms with Crippen LogP contribution in [0.3, 0.4) is 0 Å². The number of carbonyl (C=O) groups excluding carboxylic acids is 1. The molecule has 4 rings (SSSR count). The van der Waals surface area contributed by atoms with Crippen LogP contribution in [0.2, 0.25) is 0 Å². The zero-order chi connectivity index (χ0) is 19.3. The summed E-state index contributed by atoms with van der Waals surface area (Å²) in [4.78, 5) is 20.7. The van der Waals surface area contributed by atoms with E-state index in [1.807, 2.05) is 35.9 Å². The molecular weight excluding hydrogens is 356 g/mol. The lowest BCUT2D eigenvalue weighted by atomic mass is 9.93. The van der Waals surface area contributed by atoms with Crippen LogP contribution in [0.25, 0.3) is 0 Å². The first-order valence-electron chi connectivity index (χ1n) is 9.61. The number of rotatable bonds is 6. The van der Waals surface area contributed by atoms with Gasteiger partial charge in [0.2, 0.25) is 0 Å². The third kappa shape index (κ3) is 4.42. The topological polar surface area (TPSA) is 82.2 Å². The molecule has 28 heavy (non-hydrogen) atoms. The van der Waals surface area contributed by atoms with Gasteiger partial charge in [-0.2, -0.15) is 0 Å². The van der Waals surface area contributed by atoms with Gasteiger partial charge in [-0.15, -0.1) is 0 Å². The van der Waals surface area contributed by atoms with Crippen LogP contribution in [-0.2, 0) is 6.54 Å². The number of aryl methyl sites for hydroxylation is 1. The highest BCUT2D eigenvalue weighted by Crippen LogP contribution is 2.25. The highest BCUT2D eigenvalue weighted by molar-refractivity contribution is 5.91. The van der Waals surface area contributed by atoms with Gasteiger partial charge in [0.05, 0.1) is 24.7 Å². The molecule has 0 aromatic carbocycles. The van der Waals surface area contributed by atoms with Crippen LogP contribution in [0.1, 0.15) is 47.7 Å². The highest BCUT2D eigenvalue weighted by atomic mass is 16.5. The first kappa shape index (κ1) is 18.3. The number of nitrogens with zero attached hydrogens (tertiary/aromatic N) is 3. The normalized spacial score (nSPS) is 19.3. The zero-order valence-corrected chi connectivity index (χ0v) is 15.9. The maximum Gasteiger partial charge on any atom is 0.287 e. The number of hydrogen-bond donors (Lipinski definition) is 1. The van der Waals surface area contributed by atoms with Crippen molar-refractivity contribution < 1.29 is 13.9 Å². The van der Waals surface area contributed by atoms with E-state index in [9.17, 15) is 4.79 Å². The Bertz CT molecular complexity index is 911. The van der Waals surface area contributed by atoms with Crippen molar-refractivity contribution in [3.05, 3.63) is 66.4 Å². The van der Waals surface area contributed by atoms with Gasteiger partial charge < -0.3 is 19.0 Å². The van der Waals surface area contributed by atoms with Crippen LogP contribution in [0.5, 0.6) is 5.75 Å². The maximum absolute atomic E-state index is 12.5. The summed E-state index contributed by atoms with van der Waals surface area (Å²) in [5.41, 5.74) is 0.905. The fraction of sp³-hybridized carbons (Fsp3) is 0.381. The van der Waals surface area contributed by atoms with Crippen LogP contribution in [-0.4, -0.2) is 32.6 Å². The van der Waals surface area contributed by atoms with E-state index in [4.69, 9.17) is 9.15 Å². The molecule has 0 spiro atoms. The van der Waals surface area contributed by atoms with E-state index in [-0.39, 0.29) is 18.1 Å². The lowest BCUT2D eigenvalue weighted by Crippen LogP contribution is -2.39. The van der Waals surface area contributed by atoms with Crippen molar-refractivity contribution in [3.63, 3.8) is 0 Å². The number of amides is 1. The van der Waals surface area contributed by atoms with Crippen molar-refractivity contribution in [2.75, 3.05) is 0 Å². The first-order valence-corrected chi connectivity index (χ1v) is 9.61. The molecule has 7 heteroatoms. The van der Waals surface area contributed by atoms with Gasteiger partial charge in [0, 0.05) is 24.6 Å². The van der Waals surface area contributed by atoms with E-state index < -0.39 is 0 Å². The van der Waals surface area contributed by atoms with Crippen molar-refractivity contribution in [1.82, 2.24) is 19.9 Å². The van der Waals surface area contributed by atoms with E-state index in [2.05, 4.69) is 15.3 Å². The Balaban J connectivity index is 1.26. The van der Waals surface area contributed by atoms with Crippen molar-refractivity contribution in [1.29, 1.82) is 0 Å². The van der Waals surface area contributed by atoms with Gasteiger partial charge in [0.15, 0.2) is 5.76 Å². The van der Waals surface area contributed by atoms with Gasteiger partial charge in [-0.05, 0) is 56.9 Å². The van der Waals surface area contributed by atoms with E-state index in [1.165, 1.54) is 0 Å². The second-order valence-corrected chi connectivity index (χ2v) is 7.15. The number of carbonyl (C=O) groups is 1. The predicted molar refractivity (Wildman–Crippen MR) is 103 cm³/mol. The Morgan fingerprint density at radius 2 is 2.11 bits per heavy atom. The molecule has 1 aliphatic rings. The molecule has 3 aromatic heterocycles. The molecule has 1 amide bonds. The Kier molecular flexibility index (Phi) is 5.41. The van der Waals surface area contributed by atoms with Crippen molar-refractivity contribution in [2.24, 2.45) is 0 Å². The molecular formula is C21H24N4O3. The monoisotopic (exact) mass is 380 g/mol. The summed E-state index contributed by atoms with van der Waals surface area (Å²) in [5.74, 6) is 1.76. The Hall–Kier alpha value is -3.09. The number of imidazole rings is 1. The molecule has 0 atom stereocenters. The number of pyridine rings is 1. The summed E-state index contributed by atoms with van der Waals surface area (Å²) >= 11 is 0. The molecule has 0 aliphatic heterocycles. The standard InChI is InChI=1S/C21H24N4O3/c1-15-19(3-2-10-23-15)27-17-6-4-16(5-7-17)24-21(26)20-9-8-18(28-20)13-25-12-11-22-14-25/h2-3,8-12,14,16-17H,4-7,13H2,1H3,(H,24,26). The van der Waals surface area contributed by atoms with Crippen molar-refractivity contribution >= 4 is 5.91 Å². The van der Waals surface area contributed by atoms with Gasteiger partial charge in [-0.3, -0.25) is 9.78 Å². The van der Waals surface area contributed by atoms with Gasteiger partial charge >= 0.3 is 0 Å². The fourth-order valence-electron chi connectivity index (χ4n) is 3.50. The molecule has 1 N–H and O–H groups in total. The SMILES string of the molecule is Cc1ncccc1OC1CCC(NC(=O)c2ccc(Cn3ccnc3)o2)CC1. The molecule has 7 nitrogen and oxygen atoms in total. The average Bonchev–Trinajstić information content (AvgIpc) is 3.38. The van der Waals surface area contributed by atoms with E-state index >= 15 is 0 Å². The van der Waals surface area contributed by atoms with Crippen LogP contribution in [0.15, 0.2) is 53.6 Å². The van der Waals surface area contributed by atoms with Crippen LogP contribution in [0, 0.1) is 6.92 Å². The van der Waals surface area contributed by atoms with Crippen molar-refractivity contribution in [3.8, 4) is 5.75 Å². The van der Waals surface area contributed by atoms with E-state index in [0.29, 0.717) is 12.3 Å². The number of nitrogens with one attached hydrogen (secondary N) is 1. The molecule has 3 aromatic rings.